The summed E-state index contributed by atoms with van der Waals surface area (Å²) in [5.41, 5.74) is 14.1. The lowest BCUT2D eigenvalue weighted by atomic mass is 10.1. The fraction of sp³-hybridized carbons (Fsp3) is 0.0526. The molecule has 2 aromatic heterocycles. The van der Waals surface area contributed by atoms with Gasteiger partial charge in [0.1, 0.15) is 5.82 Å². The zero-order valence-corrected chi connectivity index (χ0v) is 15.9. The third-order valence-corrected chi connectivity index (χ3v) is 5.74. The van der Waals surface area contributed by atoms with Crippen molar-refractivity contribution in [2.75, 3.05) is 5.73 Å². The second-order valence-electron chi connectivity index (χ2n) is 5.74. The highest BCUT2D eigenvalue weighted by atomic mass is 35.5. The number of aromatic nitrogens is 2. The van der Waals surface area contributed by atoms with Gasteiger partial charge in [-0.15, -0.1) is 11.3 Å². The van der Waals surface area contributed by atoms with E-state index in [9.17, 15) is 0 Å². The van der Waals surface area contributed by atoms with E-state index < -0.39 is 0 Å². The molecule has 0 unspecified atom stereocenters. The van der Waals surface area contributed by atoms with E-state index in [-0.39, 0.29) is 6.54 Å². The SMILES string of the molecule is NCc1c(N)nc(-c2cc3ccccc3s2)nc1-c1ccc(Cl)cc1Cl. The molecular weight excluding hydrogens is 387 g/mol. The number of benzene rings is 2. The quantitative estimate of drug-likeness (QED) is 0.484. The van der Waals surface area contributed by atoms with Gasteiger partial charge in [-0.1, -0.05) is 41.4 Å². The molecular formula is C19H14Cl2N4S. The maximum absolute atomic E-state index is 6.38. The number of nitrogens with two attached hydrogens (primary N) is 2. The lowest BCUT2D eigenvalue weighted by Gasteiger charge is -2.12. The molecule has 2 heterocycles. The zero-order valence-electron chi connectivity index (χ0n) is 13.5. The first-order chi connectivity index (χ1) is 12.6. The number of anilines is 1. The van der Waals surface area contributed by atoms with Crippen LogP contribution in [0.1, 0.15) is 5.56 Å². The van der Waals surface area contributed by atoms with Gasteiger partial charge in [-0.2, -0.15) is 0 Å². The van der Waals surface area contributed by atoms with Crippen LogP contribution in [0, 0.1) is 0 Å². The summed E-state index contributed by atoms with van der Waals surface area (Å²) in [6.45, 7) is 0.215. The average Bonchev–Trinajstić information content (AvgIpc) is 3.05. The van der Waals surface area contributed by atoms with Crippen LogP contribution < -0.4 is 11.5 Å². The summed E-state index contributed by atoms with van der Waals surface area (Å²) in [6, 6.07) is 15.5. The van der Waals surface area contributed by atoms with Crippen LogP contribution in [0.4, 0.5) is 5.82 Å². The van der Waals surface area contributed by atoms with Gasteiger partial charge < -0.3 is 11.5 Å². The molecule has 0 saturated heterocycles. The maximum atomic E-state index is 6.38. The van der Waals surface area contributed by atoms with Gasteiger partial charge in [0.15, 0.2) is 5.82 Å². The van der Waals surface area contributed by atoms with Crippen molar-refractivity contribution in [1.29, 1.82) is 0 Å². The van der Waals surface area contributed by atoms with Crippen LogP contribution >= 0.6 is 34.5 Å². The molecule has 4 nitrogen and oxygen atoms in total. The normalized spacial score (nSPS) is 11.2. The van der Waals surface area contributed by atoms with Crippen molar-refractivity contribution in [3.63, 3.8) is 0 Å². The highest BCUT2D eigenvalue weighted by Crippen LogP contribution is 2.37. The summed E-state index contributed by atoms with van der Waals surface area (Å²) in [4.78, 5) is 10.2. The maximum Gasteiger partial charge on any atom is 0.172 e. The summed E-state index contributed by atoms with van der Waals surface area (Å²) >= 11 is 14.0. The Balaban J connectivity index is 1.93. The number of rotatable bonds is 3. The highest BCUT2D eigenvalue weighted by Gasteiger charge is 2.17. The van der Waals surface area contributed by atoms with Crippen molar-refractivity contribution in [1.82, 2.24) is 9.97 Å². The lowest BCUT2D eigenvalue weighted by molar-refractivity contribution is 1.03. The van der Waals surface area contributed by atoms with Crippen molar-refractivity contribution in [3.8, 4) is 22.0 Å². The number of thiophene rings is 1. The number of nitrogens with zero attached hydrogens (tertiary/aromatic N) is 2. The van der Waals surface area contributed by atoms with Crippen LogP contribution in [0.25, 0.3) is 32.0 Å². The molecule has 0 fully saturated rings. The third-order valence-electron chi connectivity index (χ3n) is 4.08. The molecule has 4 N–H and O–H groups in total. The van der Waals surface area contributed by atoms with E-state index in [4.69, 9.17) is 39.7 Å². The van der Waals surface area contributed by atoms with E-state index in [1.807, 2.05) is 18.2 Å². The molecule has 0 aliphatic heterocycles. The number of halogens is 2. The molecule has 130 valence electrons. The Morgan fingerprint density at radius 1 is 1.00 bits per heavy atom. The molecule has 2 aromatic carbocycles. The highest BCUT2D eigenvalue weighted by molar-refractivity contribution is 7.22. The molecule has 0 amide bonds. The van der Waals surface area contributed by atoms with Gasteiger partial charge in [-0.3, -0.25) is 0 Å². The predicted octanol–water partition coefficient (Wildman–Crippen LogP) is 5.37. The van der Waals surface area contributed by atoms with Crippen molar-refractivity contribution >= 4 is 50.4 Å². The van der Waals surface area contributed by atoms with Gasteiger partial charge in [0.2, 0.25) is 0 Å². The minimum Gasteiger partial charge on any atom is -0.383 e. The average molecular weight is 401 g/mol. The van der Waals surface area contributed by atoms with Crippen LogP contribution in [0.2, 0.25) is 10.0 Å². The first-order valence-corrected chi connectivity index (χ1v) is 9.45. The second kappa shape index (κ2) is 6.85. The molecule has 0 aliphatic rings. The predicted molar refractivity (Wildman–Crippen MR) is 111 cm³/mol. The van der Waals surface area contributed by atoms with Crippen LogP contribution in [0.15, 0.2) is 48.5 Å². The lowest BCUT2D eigenvalue weighted by Crippen LogP contribution is -2.09. The fourth-order valence-corrected chi connectivity index (χ4v) is 4.30. The minimum absolute atomic E-state index is 0.215. The van der Waals surface area contributed by atoms with E-state index in [0.717, 1.165) is 15.8 Å². The van der Waals surface area contributed by atoms with Gasteiger partial charge >= 0.3 is 0 Å². The summed E-state index contributed by atoms with van der Waals surface area (Å²) in [7, 11) is 0. The standard InChI is InChI=1S/C19H14Cl2N4S/c20-11-5-6-12(14(21)8-11)17-13(9-22)18(23)25-19(24-17)16-7-10-3-1-2-4-15(10)26-16/h1-8H,9,22H2,(H2,23,24,25). The van der Waals surface area contributed by atoms with E-state index in [1.165, 1.54) is 4.70 Å². The van der Waals surface area contributed by atoms with E-state index in [1.54, 1.807) is 23.5 Å². The molecule has 0 saturated carbocycles. The van der Waals surface area contributed by atoms with Gasteiger partial charge in [-0.05, 0) is 35.7 Å². The zero-order chi connectivity index (χ0) is 18.3. The number of nitrogen functional groups attached to an aromatic ring is 1. The molecule has 4 rings (SSSR count). The van der Waals surface area contributed by atoms with Crippen LogP contribution in [0.5, 0.6) is 0 Å². The first-order valence-electron chi connectivity index (χ1n) is 7.87. The molecule has 0 atom stereocenters. The summed E-state index contributed by atoms with van der Waals surface area (Å²) < 4.78 is 1.17. The van der Waals surface area contributed by atoms with Gasteiger partial charge in [0.05, 0.1) is 15.6 Å². The molecule has 4 aromatic rings. The molecule has 0 spiro atoms. The van der Waals surface area contributed by atoms with Crippen molar-refractivity contribution in [2.24, 2.45) is 5.73 Å². The summed E-state index contributed by atoms with van der Waals surface area (Å²) in [5, 5.41) is 2.19. The molecule has 0 aliphatic carbocycles. The number of hydrogen-bond acceptors (Lipinski definition) is 5. The van der Waals surface area contributed by atoms with Crippen molar-refractivity contribution in [3.05, 3.63) is 64.1 Å². The topological polar surface area (TPSA) is 77.8 Å². The van der Waals surface area contributed by atoms with Gasteiger partial charge in [-0.25, -0.2) is 9.97 Å². The van der Waals surface area contributed by atoms with Gasteiger partial charge in [0.25, 0.3) is 0 Å². The second-order valence-corrected chi connectivity index (χ2v) is 7.66. The van der Waals surface area contributed by atoms with E-state index >= 15 is 0 Å². The monoisotopic (exact) mass is 400 g/mol. The third kappa shape index (κ3) is 3.04. The molecule has 7 heteroatoms. The van der Waals surface area contributed by atoms with Crippen LogP contribution in [0.3, 0.4) is 0 Å². The fourth-order valence-electron chi connectivity index (χ4n) is 2.81. The summed E-state index contributed by atoms with van der Waals surface area (Å²) in [6.07, 6.45) is 0. The Morgan fingerprint density at radius 2 is 1.81 bits per heavy atom. The summed E-state index contributed by atoms with van der Waals surface area (Å²) in [5.74, 6) is 0.915. The molecule has 0 bridgehead atoms. The van der Waals surface area contributed by atoms with Gasteiger partial charge in [0, 0.05) is 27.4 Å². The smallest absolute Gasteiger partial charge is 0.172 e. The Morgan fingerprint density at radius 3 is 2.54 bits per heavy atom. The van der Waals surface area contributed by atoms with Crippen molar-refractivity contribution < 1.29 is 0 Å². The van der Waals surface area contributed by atoms with Crippen LogP contribution in [-0.2, 0) is 6.54 Å². The first kappa shape index (κ1) is 17.2. The Hall–Kier alpha value is -2.18. The molecule has 26 heavy (non-hydrogen) atoms. The largest absolute Gasteiger partial charge is 0.383 e. The Kier molecular flexibility index (Phi) is 4.54. The van der Waals surface area contributed by atoms with Crippen molar-refractivity contribution in [2.45, 2.75) is 6.54 Å². The van der Waals surface area contributed by atoms with E-state index in [0.29, 0.717) is 32.9 Å². The van der Waals surface area contributed by atoms with Crippen LogP contribution in [-0.4, -0.2) is 9.97 Å². The number of fused-ring (bicyclic) bond motifs is 1. The number of hydrogen-bond donors (Lipinski definition) is 2. The Bertz CT molecular complexity index is 1090. The Labute approximate surface area is 164 Å². The van der Waals surface area contributed by atoms with E-state index in [2.05, 4.69) is 23.2 Å². The molecule has 0 radical (unpaired) electrons. The minimum atomic E-state index is 0.215.